The highest BCUT2D eigenvalue weighted by molar-refractivity contribution is 7.91. The van der Waals surface area contributed by atoms with E-state index < -0.39 is 9.84 Å². The van der Waals surface area contributed by atoms with Crippen molar-refractivity contribution in [1.29, 1.82) is 0 Å². The number of hydrogen-bond acceptors (Lipinski definition) is 4. The summed E-state index contributed by atoms with van der Waals surface area (Å²) < 4.78 is 23.9. The first-order valence-corrected chi connectivity index (χ1v) is 9.66. The highest BCUT2D eigenvalue weighted by Gasteiger charge is 2.12. The van der Waals surface area contributed by atoms with E-state index in [0.29, 0.717) is 11.3 Å². The normalized spacial score (nSPS) is 11.5. The Morgan fingerprint density at radius 3 is 2.24 bits per heavy atom. The van der Waals surface area contributed by atoms with Gasteiger partial charge in [-0.15, -0.1) is 11.3 Å². The summed E-state index contributed by atoms with van der Waals surface area (Å²) in [5.74, 6) is 0.203. The lowest BCUT2D eigenvalue weighted by Gasteiger charge is -2.07. The van der Waals surface area contributed by atoms with Gasteiger partial charge in [0.05, 0.1) is 10.6 Å². The summed E-state index contributed by atoms with van der Waals surface area (Å²) in [6, 6.07) is 11.3. The van der Waals surface area contributed by atoms with E-state index in [1.54, 1.807) is 12.1 Å². The summed E-state index contributed by atoms with van der Waals surface area (Å²) in [4.78, 5) is 3.07. The average Bonchev–Trinajstić information content (AvgIpc) is 2.93. The van der Waals surface area contributed by atoms with Crippen LogP contribution in [0.25, 0.3) is 0 Å². The second kappa shape index (κ2) is 7.09. The van der Waals surface area contributed by atoms with E-state index in [9.17, 15) is 8.42 Å². The van der Waals surface area contributed by atoms with Gasteiger partial charge >= 0.3 is 0 Å². The molecule has 21 heavy (non-hydrogen) atoms. The molecule has 3 nitrogen and oxygen atoms in total. The Hall–Kier alpha value is -1.33. The fourth-order valence-corrected chi connectivity index (χ4v) is 4.28. The maximum atomic E-state index is 11.9. The summed E-state index contributed by atoms with van der Waals surface area (Å²) >= 11 is 1.81. The molecule has 1 N–H and O–H groups in total. The number of anilines is 1. The Morgan fingerprint density at radius 1 is 1.00 bits per heavy atom. The van der Waals surface area contributed by atoms with Crippen LogP contribution in [0, 0.1) is 0 Å². The Morgan fingerprint density at radius 2 is 1.67 bits per heavy atom. The molecule has 0 amide bonds. The molecule has 2 rings (SSSR count). The molecule has 0 aliphatic heterocycles. The van der Waals surface area contributed by atoms with Gasteiger partial charge in [0, 0.05) is 22.0 Å². The number of aryl methyl sites for hydroxylation is 1. The lowest BCUT2D eigenvalue weighted by Crippen LogP contribution is -2.06. The molecule has 1 aromatic heterocycles. The van der Waals surface area contributed by atoms with Gasteiger partial charge in [-0.1, -0.05) is 13.8 Å². The minimum atomic E-state index is -3.12. The fraction of sp³-hybridized carbons (Fsp3) is 0.375. The quantitative estimate of drug-likeness (QED) is 0.834. The van der Waals surface area contributed by atoms with E-state index in [2.05, 4.69) is 24.4 Å². The standard InChI is InChI=1S/C16H21NO2S2/c1-3-11-21(18,19)16-9-5-13(6-10-16)17-12-15-8-7-14(4-2)20-15/h5-10,17H,3-4,11-12H2,1-2H3. The zero-order valence-corrected chi connectivity index (χ0v) is 14.1. The molecule has 0 aliphatic rings. The van der Waals surface area contributed by atoms with Gasteiger partial charge in [-0.25, -0.2) is 8.42 Å². The van der Waals surface area contributed by atoms with Crippen molar-refractivity contribution < 1.29 is 8.42 Å². The van der Waals surface area contributed by atoms with Gasteiger partial charge in [-0.3, -0.25) is 0 Å². The average molecular weight is 323 g/mol. The minimum Gasteiger partial charge on any atom is -0.380 e. The maximum Gasteiger partial charge on any atom is 0.178 e. The summed E-state index contributed by atoms with van der Waals surface area (Å²) in [7, 11) is -3.12. The molecule has 0 saturated carbocycles. The predicted octanol–water partition coefficient (Wildman–Crippen LogP) is 4.11. The SMILES string of the molecule is CCCS(=O)(=O)c1ccc(NCc2ccc(CC)s2)cc1. The van der Waals surface area contributed by atoms with Gasteiger partial charge in [0.15, 0.2) is 9.84 Å². The maximum absolute atomic E-state index is 11.9. The van der Waals surface area contributed by atoms with Crippen molar-refractivity contribution in [2.24, 2.45) is 0 Å². The van der Waals surface area contributed by atoms with Gasteiger partial charge in [0.1, 0.15) is 0 Å². The second-order valence-electron chi connectivity index (χ2n) is 4.92. The van der Waals surface area contributed by atoms with Gasteiger partial charge in [-0.2, -0.15) is 0 Å². The van der Waals surface area contributed by atoms with Crippen molar-refractivity contribution in [3.8, 4) is 0 Å². The third kappa shape index (κ3) is 4.32. The zero-order valence-electron chi connectivity index (χ0n) is 12.4. The van der Waals surface area contributed by atoms with Crippen LogP contribution < -0.4 is 5.32 Å². The molecule has 0 bridgehead atoms. The van der Waals surface area contributed by atoms with Crippen LogP contribution in [0.4, 0.5) is 5.69 Å². The smallest absolute Gasteiger partial charge is 0.178 e. The number of rotatable bonds is 7. The van der Waals surface area contributed by atoms with Crippen molar-refractivity contribution in [1.82, 2.24) is 0 Å². The van der Waals surface area contributed by atoms with Gasteiger partial charge < -0.3 is 5.32 Å². The van der Waals surface area contributed by atoms with Crippen LogP contribution in [0.5, 0.6) is 0 Å². The molecule has 2 aromatic rings. The molecule has 0 saturated heterocycles. The molecule has 0 atom stereocenters. The number of nitrogens with one attached hydrogen (secondary N) is 1. The van der Waals surface area contributed by atoms with Gasteiger partial charge in [-0.05, 0) is 49.2 Å². The summed E-state index contributed by atoms with van der Waals surface area (Å²) in [6.45, 7) is 4.79. The van der Waals surface area contributed by atoms with Crippen LogP contribution in [0.1, 0.15) is 30.0 Å². The van der Waals surface area contributed by atoms with Crippen LogP contribution in [0.3, 0.4) is 0 Å². The number of thiophene rings is 1. The summed E-state index contributed by atoms with van der Waals surface area (Å²) in [5, 5.41) is 3.32. The first kappa shape index (κ1) is 16.0. The van der Waals surface area contributed by atoms with E-state index >= 15 is 0 Å². The number of benzene rings is 1. The third-order valence-electron chi connectivity index (χ3n) is 3.22. The highest BCUT2D eigenvalue weighted by Crippen LogP contribution is 2.20. The summed E-state index contributed by atoms with van der Waals surface area (Å²) in [6.07, 6.45) is 1.70. The van der Waals surface area contributed by atoms with Crippen LogP contribution >= 0.6 is 11.3 Å². The van der Waals surface area contributed by atoms with Crippen LogP contribution in [0.15, 0.2) is 41.3 Å². The van der Waals surface area contributed by atoms with Crippen molar-refractivity contribution >= 4 is 26.9 Å². The topological polar surface area (TPSA) is 46.2 Å². The zero-order chi connectivity index (χ0) is 15.3. The molecule has 5 heteroatoms. The van der Waals surface area contributed by atoms with Crippen molar-refractivity contribution in [3.05, 3.63) is 46.2 Å². The van der Waals surface area contributed by atoms with Crippen molar-refractivity contribution in [3.63, 3.8) is 0 Å². The monoisotopic (exact) mass is 323 g/mol. The van der Waals surface area contributed by atoms with E-state index in [1.807, 2.05) is 30.4 Å². The second-order valence-corrected chi connectivity index (χ2v) is 8.28. The molecular weight excluding hydrogens is 302 g/mol. The third-order valence-corrected chi connectivity index (χ3v) is 6.38. The van der Waals surface area contributed by atoms with Crippen molar-refractivity contribution in [2.45, 2.75) is 38.1 Å². The number of hydrogen-bond donors (Lipinski definition) is 1. The van der Waals surface area contributed by atoms with E-state index in [0.717, 1.165) is 18.7 Å². The van der Waals surface area contributed by atoms with E-state index in [1.165, 1.54) is 9.75 Å². The first-order chi connectivity index (χ1) is 10.0. The number of sulfone groups is 1. The molecule has 0 unspecified atom stereocenters. The Kier molecular flexibility index (Phi) is 5.42. The van der Waals surface area contributed by atoms with Gasteiger partial charge in [0.2, 0.25) is 0 Å². The van der Waals surface area contributed by atoms with Crippen LogP contribution in [-0.4, -0.2) is 14.2 Å². The first-order valence-electron chi connectivity index (χ1n) is 7.19. The van der Waals surface area contributed by atoms with Crippen LogP contribution in [-0.2, 0) is 22.8 Å². The van der Waals surface area contributed by atoms with Crippen LogP contribution in [0.2, 0.25) is 0 Å². The molecule has 0 fully saturated rings. The minimum absolute atomic E-state index is 0.203. The Labute approximate surface area is 130 Å². The van der Waals surface area contributed by atoms with E-state index in [4.69, 9.17) is 0 Å². The lowest BCUT2D eigenvalue weighted by molar-refractivity contribution is 0.595. The fourth-order valence-electron chi connectivity index (χ4n) is 2.06. The lowest BCUT2D eigenvalue weighted by atomic mass is 10.3. The predicted molar refractivity (Wildman–Crippen MR) is 89.8 cm³/mol. The molecule has 0 spiro atoms. The molecule has 1 aromatic carbocycles. The molecule has 0 aliphatic carbocycles. The molecular formula is C16H21NO2S2. The molecule has 0 radical (unpaired) electrons. The summed E-state index contributed by atoms with van der Waals surface area (Å²) in [5.41, 5.74) is 0.942. The highest BCUT2D eigenvalue weighted by atomic mass is 32.2. The van der Waals surface area contributed by atoms with Crippen molar-refractivity contribution in [2.75, 3.05) is 11.1 Å². The Bertz CT molecular complexity index is 673. The molecule has 1 heterocycles. The largest absolute Gasteiger partial charge is 0.380 e. The van der Waals surface area contributed by atoms with E-state index in [-0.39, 0.29) is 5.75 Å². The molecule has 114 valence electrons. The Balaban J connectivity index is 1.99. The van der Waals surface area contributed by atoms with Gasteiger partial charge in [0.25, 0.3) is 0 Å².